The van der Waals surface area contributed by atoms with Crippen LogP contribution < -0.4 is 0 Å². The summed E-state index contributed by atoms with van der Waals surface area (Å²) in [6.45, 7) is 6.67. The number of rotatable bonds is 5. The van der Waals surface area contributed by atoms with Gasteiger partial charge in [0.15, 0.2) is 0 Å². The van der Waals surface area contributed by atoms with Gasteiger partial charge in [0.25, 0.3) is 0 Å². The van der Waals surface area contributed by atoms with Crippen molar-refractivity contribution in [3.8, 4) is 0 Å². The average molecular weight is 332 g/mol. The van der Waals surface area contributed by atoms with Crippen molar-refractivity contribution in [2.45, 2.75) is 46.1 Å². The van der Waals surface area contributed by atoms with Crippen molar-refractivity contribution in [2.75, 3.05) is 13.1 Å². The lowest BCUT2D eigenvalue weighted by atomic mass is 10.0. The largest absolute Gasteiger partial charge is 0.391 e. The third-order valence-corrected chi connectivity index (χ3v) is 4.76. The molecule has 3 rings (SSSR count). The van der Waals surface area contributed by atoms with Crippen molar-refractivity contribution in [2.24, 2.45) is 5.92 Å². The van der Waals surface area contributed by atoms with E-state index in [2.05, 4.69) is 15.4 Å². The normalized spacial score (nSPS) is 20.8. The first-order valence-corrected chi connectivity index (χ1v) is 8.32. The molecule has 2 aromatic heterocycles. The predicted octanol–water partition coefficient (Wildman–Crippen LogP) is 1.32. The zero-order chi connectivity index (χ0) is 17.3. The van der Waals surface area contributed by atoms with E-state index in [0.717, 1.165) is 28.4 Å². The number of carbonyl (C=O) groups is 1. The van der Waals surface area contributed by atoms with Crippen LogP contribution in [0.25, 0.3) is 0 Å². The zero-order valence-electron chi connectivity index (χ0n) is 14.4. The Kier molecular flexibility index (Phi) is 4.71. The molecule has 0 unspecified atom stereocenters. The Hall–Kier alpha value is -2.15. The topological polar surface area (TPSA) is 95.2 Å². The van der Waals surface area contributed by atoms with Crippen LogP contribution in [0.5, 0.6) is 0 Å². The van der Waals surface area contributed by atoms with E-state index in [1.165, 1.54) is 0 Å². The van der Waals surface area contributed by atoms with Crippen LogP contribution in [0.2, 0.25) is 0 Å². The van der Waals surface area contributed by atoms with Gasteiger partial charge in [0, 0.05) is 36.7 Å². The molecule has 0 aromatic carbocycles. The fourth-order valence-corrected chi connectivity index (χ4v) is 3.35. The van der Waals surface area contributed by atoms with E-state index in [-0.39, 0.29) is 11.8 Å². The third kappa shape index (κ3) is 3.51. The number of aromatic amines is 1. The molecule has 1 saturated heterocycles. The molecule has 0 saturated carbocycles. The minimum absolute atomic E-state index is 0.0377. The molecule has 0 radical (unpaired) electrons. The highest BCUT2D eigenvalue weighted by Crippen LogP contribution is 2.23. The fourth-order valence-electron chi connectivity index (χ4n) is 3.35. The van der Waals surface area contributed by atoms with E-state index in [1.54, 1.807) is 4.90 Å². The number of amides is 1. The van der Waals surface area contributed by atoms with Crippen LogP contribution in [-0.2, 0) is 17.6 Å². The molecule has 2 atom stereocenters. The number of aromatic nitrogens is 3. The van der Waals surface area contributed by atoms with Crippen molar-refractivity contribution < 1.29 is 14.4 Å². The van der Waals surface area contributed by atoms with Crippen molar-refractivity contribution in [1.82, 2.24) is 20.3 Å². The van der Waals surface area contributed by atoms with Gasteiger partial charge in [-0.25, -0.2) is 0 Å². The minimum atomic E-state index is -0.495. The zero-order valence-corrected chi connectivity index (χ0v) is 14.4. The highest BCUT2D eigenvalue weighted by Gasteiger charge is 2.34. The Labute approximate surface area is 141 Å². The first-order chi connectivity index (χ1) is 11.4. The monoisotopic (exact) mass is 332 g/mol. The summed E-state index contributed by atoms with van der Waals surface area (Å²) in [6.07, 6.45) is 1.21. The van der Waals surface area contributed by atoms with Gasteiger partial charge >= 0.3 is 0 Å². The van der Waals surface area contributed by atoms with Crippen LogP contribution >= 0.6 is 0 Å². The number of aryl methyl sites for hydroxylation is 3. The SMILES string of the molecule is Cc1cc(C[C@@H]2CN(C(=O)CCc3c(C)noc3C)C[C@H]2O)n[nH]1. The van der Waals surface area contributed by atoms with Gasteiger partial charge in [-0.2, -0.15) is 5.10 Å². The Morgan fingerprint density at radius 3 is 2.83 bits per heavy atom. The summed E-state index contributed by atoms with van der Waals surface area (Å²) in [7, 11) is 0. The first kappa shape index (κ1) is 16.7. The molecule has 1 aliphatic heterocycles. The maximum Gasteiger partial charge on any atom is 0.223 e. The molecule has 3 heterocycles. The second kappa shape index (κ2) is 6.76. The number of hydrogen-bond donors (Lipinski definition) is 2. The Balaban J connectivity index is 1.54. The van der Waals surface area contributed by atoms with E-state index in [4.69, 9.17) is 4.52 Å². The van der Waals surface area contributed by atoms with Crippen LogP contribution in [0.4, 0.5) is 0 Å². The smallest absolute Gasteiger partial charge is 0.223 e. The molecule has 0 spiro atoms. The Morgan fingerprint density at radius 2 is 2.21 bits per heavy atom. The van der Waals surface area contributed by atoms with Crippen LogP contribution in [0.3, 0.4) is 0 Å². The standard InChI is InChI=1S/C17H24N4O3/c1-10-6-14(19-18-10)7-13-8-21(9-16(13)22)17(23)5-4-15-11(2)20-24-12(15)3/h6,13,16,22H,4-5,7-9H2,1-3H3,(H,18,19)/t13-,16-/m1/s1. The van der Waals surface area contributed by atoms with Crippen molar-refractivity contribution in [1.29, 1.82) is 0 Å². The number of likely N-dealkylation sites (tertiary alicyclic amines) is 1. The molecule has 2 aromatic rings. The molecule has 2 N–H and O–H groups in total. The van der Waals surface area contributed by atoms with Crippen LogP contribution in [0.1, 0.15) is 34.8 Å². The lowest BCUT2D eigenvalue weighted by Crippen LogP contribution is -2.29. The van der Waals surface area contributed by atoms with Crippen LogP contribution in [0, 0.1) is 26.7 Å². The molecule has 1 fully saturated rings. The highest BCUT2D eigenvalue weighted by atomic mass is 16.5. The van der Waals surface area contributed by atoms with Gasteiger partial charge in [-0.3, -0.25) is 9.89 Å². The maximum atomic E-state index is 12.5. The number of nitrogens with one attached hydrogen (secondary N) is 1. The van der Waals surface area contributed by atoms with Gasteiger partial charge in [0.05, 0.1) is 17.5 Å². The number of hydrogen-bond acceptors (Lipinski definition) is 5. The number of carbonyl (C=O) groups excluding carboxylic acids is 1. The molecular formula is C17H24N4O3. The van der Waals surface area contributed by atoms with Gasteiger partial charge in [0.2, 0.25) is 5.91 Å². The fraction of sp³-hybridized carbons (Fsp3) is 0.588. The Morgan fingerprint density at radius 1 is 1.42 bits per heavy atom. The average Bonchev–Trinajstić information content (AvgIpc) is 3.20. The molecule has 0 bridgehead atoms. The van der Waals surface area contributed by atoms with Crippen LogP contribution in [0.15, 0.2) is 10.6 Å². The van der Waals surface area contributed by atoms with Crippen molar-refractivity contribution >= 4 is 5.91 Å². The molecule has 0 aliphatic carbocycles. The van der Waals surface area contributed by atoms with Gasteiger partial charge in [-0.15, -0.1) is 0 Å². The lowest BCUT2D eigenvalue weighted by molar-refractivity contribution is -0.130. The van der Waals surface area contributed by atoms with E-state index in [1.807, 2.05) is 26.8 Å². The Bertz CT molecular complexity index is 702. The van der Waals surface area contributed by atoms with Gasteiger partial charge < -0.3 is 14.5 Å². The number of aliphatic hydroxyl groups excluding tert-OH is 1. The van der Waals surface area contributed by atoms with E-state index in [9.17, 15) is 9.90 Å². The first-order valence-electron chi connectivity index (χ1n) is 8.32. The second-order valence-corrected chi connectivity index (χ2v) is 6.68. The van der Waals surface area contributed by atoms with Gasteiger partial charge in [0.1, 0.15) is 5.76 Å². The summed E-state index contributed by atoms with van der Waals surface area (Å²) >= 11 is 0. The molecule has 7 nitrogen and oxygen atoms in total. The lowest BCUT2D eigenvalue weighted by Gasteiger charge is -2.15. The summed E-state index contributed by atoms with van der Waals surface area (Å²) in [5, 5.41) is 21.3. The number of nitrogens with zero attached hydrogens (tertiary/aromatic N) is 3. The molecule has 1 amide bonds. The maximum absolute atomic E-state index is 12.5. The van der Waals surface area contributed by atoms with Crippen LogP contribution in [-0.4, -0.2) is 50.5 Å². The summed E-state index contributed by atoms with van der Waals surface area (Å²) in [4.78, 5) is 14.2. The third-order valence-electron chi connectivity index (χ3n) is 4.76. The predicted molar refractivity (Wildman–Crippen MR) is 87.4 cm³/mol. The van der Waals surface area contributed by atoms with Crippen molar-refractivity contribution in [3.05, 3.63) is 34.5 Å². The molecule has 1 aliphatic rings. The minimum Gasteiger partial charge on any atom is -0.391 e. The molecule has 24 heavy (non-hydrogen) atoms. The summed E-state index contributed by atoms with van der Waals surface area (Å²) < 4.78 is 5.13. The highest BCUT2D eigenvalue weighted by molar-refractivity contribution is 5.77. The number of β-amino-alcohol motifs (C(OH)–C–C–N with tert-alkyl or cyclic N) is 1. The molecule has 130 valence electrons. The number of H-pyrrole nitrogens is 1. The summed E-state index contributed by atoms with van der Waals surface area (Å²) in [5.41, 5.74) is 3.78. The summed E-state index contributed by atoms with van der Waals surface area (Å²) in [6, 6.07) is 1.98. The molecular weight excluding hydrogens is 308 g/mol. The van der Waals surface area contributed by atoms with Gasteiger partial charge in [-0.1, -0.05) is 5.16 Å². The number of aliphatic hydroxyl groups is 1. The van der Waals surface area contributed by atoms with E-state index >= 15 is 0 Å². The van der Waals surface area contributed by atoms with Crippen molar-refractivity contribution in [3.63, 3.8) is 0 Å². The quantitative estimate of drug-likeness (QED) is 0.861. The summed E-state index contributed by atoms with van der Waals surface area (Å²) in [5.74, 6) is 0.874. The molecule has 7 heteroatoms. The second-order valence-electron chi connectivity index (χ2n) is 6.68. The van der Waals surface area contributed by atoms with Gasteiger partial charge in [-0.05, 0) is 39.7 Å². The van der Waals surface area contributed by atoms with E-state index in [0.29, 0.717) is 32.4 Å². The van der Waals surface area contributed by atoms with E-state index < -0.39 is 6.10 Å².